The van der Waals surface area contributed by atoms with Gasteiger partial charge in [0.2, 0.25) is 0 Å². The van der Waals surface area contributed by atoms with Crippen molar-refractivity contribution in [3.05, 3.63) is 68.7 Å². The summed E-state index contributed by atoms with van der Waals surface area (Å²) in [6, 6.07) is 8.21. The van der Waals surface area contributed by atoms with Crippen LogP contribution >= 0.6 is 27.5 Å². The van der Waals surface area contributed by atoms with Crippen molar-refractivity contribution in [1.29, 1.82) is 0 Å². The highest BCUT2D eigenvalue weighted by atomic mass is 79.9. The molecular formula is C14H11BrClF2N. The highest BCUT2D eigenvalue weighted by Gasteiger charge is 2.17. The van der Waals surface area contributed by atoms with Gasteiger partial charge >= 0.3 is 0 Å². The van der Waals surface area contributed by atoms with E-state index in [0.717, 1.165) is 0 Å². The molecule has 1 atom stereocenters. The van der Waals surface area contributed by atoms with Gasteiger partial charge in [-0.2, -0.15) is 0 Å². The number of halogens is 4. The van der Waals surface area contributed by atoms with E-state index in [2.05, 4.69) is 15.9 Å². The molecule has 0 saturated heterocycles. The Morgan fingerprint density at radius 1 is 1.16 bits per heavy atom. The quantitative estimate of drug-likeness (QED) is 0.862. The molecule has 0 heterocycles. The summed E-state index contributed by atoms with van der Waals surface area (Å²) in [5, 5.41) is 0.427. The highest BCUT2D eigenvalue weighted by molar-refractivity contribution is 9.10. The van der Waals surface area contributed by atoms with Crippen LogP contribution in [0.1, 0.15) is 17.2 Å². The normalized spacial score (nSPS) is 12.5. The first-order chi connectivity index (χ1) is 8.99. The monoisotopic (exact) mass is 345 g/mol. The van der Waals surface area contributed by atoms with Crippen LogP contribution in [-0.4, -0.2) is 0 Å². The minimum atomic E-state index is -0.649. The third-order valence-corrected chi connectivity index (χ3v) is 3.74. The predicted molar refractivity (Wildman–Crippen MR) is 76.1 cm³/mol. The van der Waals surface area contributed by atoms with Gasteiger partial charge in [0.05, 0.1) is 0 Å². The Morgan fingerprint density at radius 3 is 2.58 bits per heavy atom. The SMILES string of the molecule is NC(Cc1cc(Cl)ccc1F)c1c(F)cccc1Br. The second kappa shape index (κ2) is 5.99. The third kappa shape index (κ3) is 3.32. The van der Waals surface area contributed by atoms with Crippen LogP contribution in [0.15, 0.2) is 40.9 Å². The molecule has 2 aromatic rings. The fraction of sp³-hybridized carbons (Fsp3) is 0.143. The largest absolute Gasteiger partial charge is 0.324 e. The summed E-state index contributed by atoms with van der Waals surface area (Å²) in [5.41, 5.74) is 6.67. The van der Waals surface area contributed by atoms with Crippen molar-refractivity contribution in [1.82, 2.24) is 0 Å². The molecule has 0 fully saturated rings. The Labute approximate surface area is 123 Å². The fourth-order valence-electron chi connectivity index (χ4n) is 1.90. The van der Waals surface area contributed by atoms with E-state index in [1.165, 1.54) is 24.3 Å². The summed E-state index contributed by atoms with van der Waals surface area (Å²) in [5.74, 6) is -0.809. The Morgan fingerprint density at radius 2 is 1.89 bits per heavy atom. The van der Waals surface area contributed by atoms with Crippen molar-refractivity contribution in [2.75, 3.05) is 0 Å². The van der Waals surface area contributed by atoms with Gasteiger partial charge in [-0.15, -0.1) is 0 Å². The molecule has 19 heavy (non-hydrogen) atoms. The van der Waals surface area contributed by atoms with Crippen LogP contribution in [0.3, 0.4) is 0 Å². The fourth-order valence-corrected chi connectivity index (χ4v) is 2.73. The van der Waals surface area contributed by atoms with Gasteiger partial charge in [-0.1, -0.05) is 33.6 Å². The molecule has 5 heteroatoms. The molecule has 2 aromatic carbocycles. The summed E-state index contributed by atoms with van der Waals surface area (Å²) < 4.78 is 28.0. The van der Waals surface area contributed by atoms with Gasteiger partial charge in [-0.05, 0) is 42.3 Å². The topological polar surface area (TPSA) is 26.0 Å². The number of benzene rings is 2. The summed E-state index contributed by atoms with van der Waals surface area (Å²) in [7, 11) is 0. The molecule has 2 rings (SSSR count). The Kier molecular flexibility index (Phi) is 4.55. The molecule has 1 unspecified atom stereocenters. The molecule has 0 aliphatic rings. The van der Waals surface area contributed by atoms with Crippen molar-refractivity contribution in [2.24, 2.45) is 5.73 Å². The van der Waals surface area contributed by atoms with E-state index in [9.17, 15) is 8.78 Å². The standard InChI is InChI=1S/C14H11BrClF2N/c15-10-2-1-3-12(18)14(10)13(19)7-8-6-9(16)4-5-11(8)17/h1-6,13H,7,19H2. The number of rotatable bonds is 3. The van der Waals surface area contributed by atoms with E-state index in [1.807, 2.05) is 0 Å². The minimum absolute atomic E-state index is 0.173. The maximum Gasteiger partial charge on any atom is 0.129 e. The van der Waals surface area contributed by atoms with Crippen molar-refractivity contribution >= 4 is 27.5 Å². The lowest BCUT2D eigenvalue weighted by Crippen LogP contribution is -2.16. The molecule has 0 saturated carbocycles. The van der Waals surface area contributed by atoms with Gasteiger partial charge in [0, 0.05) is 21.1 Å². The zero-order valence-electron chi connectivity index (χ0n) is 9.84. The molecule has 100 valence electrons. The molecule has 2 N–H and O–H groups in total. The van der Waals surface area contributed by atoms with E-state index in [0.29, 0.717) is 20.6 Å². The van der Waals surface area contributed by atoms with Crippen molar-refractivity contribution in [2.45, 2.75) is 12.5 Å². The lowest BCUT2D eigenvalue weighted by Gasteiger charge is -2.15. The Balaban J connectivity index is 2.31. The van der Waals surface area contributed by atoms with Crippen molar-refractivity contribution in [3.63, 3.8) is 0 Å². The predicted octanol–water partition coefficient (Wildman–Crippen LogP) is 4.62. The molecule has 0 spiro atoms. The zero-order chi connectivity index (χ0) is 14.0. The average Bonchev–Trinajstić information content (AvgIpc) is 2.33. The average molecular weight is 347 g/mol. The van der Waals surface area contributed by atoms with Gasteiger partial charge in [0.15, 0.2) is 0 Å². The summed E-state index contributed by atoms with van der Waals surface area (Å²) >= 11 is 9.07. The molecule has 0 radical (unpaired) electrons. The summed E-state index contributed by atoms with van der Waals surface area (Å²) in [6.45, 7) is 0. The summed E-state index contributed by atoms with van der Waals surface area (Å²) in [6.07, 6.45) is 0.173. The molecule has 0 aliphatic heterocycles. The number of hydrogen-bond acceptors (Lipinski definition) is 1. The van der Waals surface area contributed by atoms with Gasteiger partial charge in [-0.25, -0.2) is 8.78 Å². The summed E-state index contributed by atoms with van der Waals surface area (Å²) in [4.78, 5) is 0. The first-order valence-electron chi connectivity index (χ1n) is 5.62. The molecule has 0 bridgehead atoms. The molecule has 0 aromatic heterocycles. The number of nitrogens with two attached hydrogens (primary N) is 1. The molecule has 1 nitrogen and oxygen atoms in total. The van der Waals surface area contributed by atoms with Crippen LogP contribution in [0, 0.1) is 11.6 Å². The maximum absolute atomic E-state index is 13.8. The van der Waals surface area contributed by atoms with Gasteiger partial charge in [0.25, 0.3) is 0 Å². The minimum Gasteiger partial charge on any atom is -0.324 e. The zero-order valence-corrected chi connectivity index (χ0v) is 12.2. The first kappa shape index (κ1) is 14.4. The van der Waals surface area contributed by atoms with Crippen LogP contribution in [0.25, 0.3) is 0 Å². The van der Waals surface area contributed by atoms with Crippen LogP contribution in [-0.2, 0) is 6.42 Å². The van der Waals surface area contributed by atoms with Crippen LogP contribution in [0.2, 0.25) is 5.02 Å². The van der Waals surface area contributed by atoms with E-state index < -0.39 is 17.7 Å². The van der Waals surface area contributed by atoms with Crippen LogP contribution < -0.4 is 5.73 Å². The van der Waals surface area contributed by atoms with Crippen molar-refractivity contribution < 1.29 is 8.78 Å². The van der Waals surface area contributed by atoms with Gasteiger partial charge in [0.1, 0.15) is 11.6 Å². The van der Waals surface area contributed by atoms with E-state index in [4.69, 9.17) is 17.3 Å². The molecular weight excluding hydrogens is 336 g/mol. The molecule has 0 aliphatic carbocycles. The second-order valence-electron chi connectivity index (χ2n) is 4.18. The van der Waals surface area contributed by atoms with Crippen molar-refractivity contribution in [3.8, 4) is 0 Å². The number of hydrogen-bond donors (Lipinski definition) is 1. The lowest BCUT2D eigenvalue weighted by atomic mass is 9.99. The Bertz CT molecular complexity index is 584. The van der Waals surface area contributed by atoms with Crippen LogP contribution in [0.4, 0.5) is 8.78 Å². The molecule has 0 amide bonds. The third-order valence-electron chi connectivity index (χ3n) is 2.82. The van der Waals surface area contributed by atoms with E-state index >= 15 is 0 Å². The van der Waals surface area contributed by atoms with E-state index in [1.54, 1.807) is 12.1 Å². The van der Waals surface area contributed by atoms with Crippen LogP contribution in [0.5, 0.6) is 0 Å². The maximum atomic E-state index is 13.8. The Hall–Kier alpha value is -0.970. The highest BCUT2D eigenvalue weighted by Crippen LogP contribution is 2.28. The van der Waals surface area contributed by atoms with Gasteiger partial charge in [-0.3, -0.25) is 0 Å². The smallest absolute Gasteiger partial charge is 0.129 e. The lowest BCUT2D eigenvalue weighted by molar-refractivity contribution is 0.561. The van der Waals surface area contributed by atoms with Gasteiger partial charge < -0.3 is 5.73 Å². The second-order valence-corrected chi connectivity index (χ2v) is 5.47. The van der Waals surface area contributed by atoms with E-state index in [-0.39, 0.29) is 6.42 Å². The first-order valence-corrected chi connectivity index (χ1v) is 6.79.